The second-order valence-corrected chi connectivity index (χ2v) is 4.35. The molecule has 1 amide bonds. The Bertz CT molecular complexity index is 400. The highest BCUT2D eigenvalue weighted by molar-refractivity contribution is 5.97. The van der Waals surface area contributed by atoms with Crippen LogP contribution in [0.5, 0.6) is 5.75 Å². The van der Waals surface area contributed by atoms with Crippen LogP contribution in [-0.2, 0) is 0 Å². The van der Waals surface area contributed by atoms with Gasteiger partial charge in [0, 0.05) is 13.1 Å². The fourth-order valence-corrected chi connectivity index (χ4v) is 2.15. The van der Waals surface area contributed by atoms with Crippen molar-refractivity contribution < 1.29 is 9.53 Å². The second kappa shape index (κ2) is 5.19. The Morgan fingerprint density at radius 2 is 2.18 bits per heavy atom. The number of ether oxygens (including phenoxy) is 1. The molecule has 92 valence electrons. The zero-order valence-electron chi connectivity index (χ0n) is 10.1. The molecule has 4 nitrogen and oxygen atoms in total. The van der Waals surface area contributed by atoms with Gasteiger partial charge in [0.25, 0.3) is 5.91 Å². The molecule has 1 aromatic carbocycles. The minimum atomic E-state index is 0.0516. The Kier molecular flexibility index (Phi) is 3.64. The van der Waals surface area contributed by atoms with Crippen LogP contribution in [0.15, 0.2) is 24.3 Å². The molecule has 1 aromatic rings. The van der Waals surface area contributed by atoms with E-state index in [1.54, 1.807) is 13.2 Å². The van der Waals surface area contributed by atoms with E-state index in [-0.39, 0.29) is 5.91 Å². The van der Waals surface area contributed by atoms with Crippen LogP contribution < -0.4 is 10.5 Å². The molecule has 0 atom stereocenters. The van der Waals surface area contributed by atoms with Gasteiger partial charge >= 0.3 is 0 Å². The van der Waals surface area contributed by atoms with Crippen molar-refractivity contribution in [1.29, 1.82) is 0 Å². The van der Waals surface area contributed by atoms with Gasteiger partial charge in [-0.1, -0.05) is 12.1 Å². The first-order chi connectivity index (χ1) is 8.26. The average Bonchev–Trinajstić information content (AvgIpc) is 2.32. The summed E-state index contributed by atoms with van der Waals surface area (Å²) in [6.45, 7) is 2.32. The number of likely N-dealkylation sites (tertiary alicyclic amines) is 1. The molecule has 0 unspecified atom stereocenters. The Hall–Kier alpha value is -1.55. The van der Waals surface area contributed by atoms with E-state index in [0.717, 1.165) is 19.5 Å². The van der Waals surface area contributed by atoms with Crippen LogP contribution in [0, 0.1) is 5.92 Å². The van der Waals surface area contributed by atoms with Crippen LogP contribution in [0.4, 0.5) is 0 Å². The lowest BCUT2D eigenvalue weighted by atomic mass is 9.95. The molecule has 0 radical (unpaired) electrons. The summed E-state index contributed by atoms with van der Waals surface area (Å²) >= 11 is 0. The summed E-state index contributed by atoms with van der Waals surface area (Å²) in [5, 5.41) is 0. The first kappa shape index (κ1) is 11.9. The van der Waals surface area contributed by atoms with Gasteiger partial charge in [0.2, 0.25) is 0 Å². The Labute approximate surface area is 101 Å². The molecule has 0 aliphatic carbocycles. The standard InChI is InChI=1S/C13H18N2O2/c1-17-12-5-3-2-4-11(12)13(16)15-8-10(9-15)6-7-14/h2-5,10H,6-9,14H2,1H3. The largest absolute Gasteiger partial charge is 0.496 e. The van der Waals surface area contributed by atoms with Gasteiger partial charge in [-0.2, -0.15) is 0 Å². The van der Waals surface area contributed by atoms with Gasteiger partial charge in [-0.15, -0.1) is 0 Å². The number of methoxy groups -OCH3 is 1. The fraction of sp³-hybridized carbons (Fsp3) is 0.462. The first-order valence-electron chi connectivity index (χ1n) is 5.88. The first-order valence-corrected chi connectivity index (χ1v) is 5.88. The molecule has 1 heterocycles. The van der Waals surface area contributed by atoms with Crippen LogP contribution in [0.2, 0.25) is 0 Å². The number of hydrogen-bond acceptors (Lipinski definition) is 3. The summed E-state index contributed by atoms with van der Waals surface area (Å²) < 4.78 is 5.19. The number of carbonyl (C=O) groups excluding carboxylic acids is 1. The lowest BCUT2D eigenvalue weighted by Crippen LogP contribution is -2.50. The second-order valence-electron chi connectivity index (χ2n) is 4.35. The summed E-state index contributed by atoms with van der Waals surface area (Å²) in [5.74, 6) is 1.26. The molecule has 0 bridgehead atoms. The van der Waals surface area contributed by atoms with Gasteiger partial charge in [-0.3, -0.25) is 4.79 Å². The molecular formula is C13H18N2O2. The van der Waals surface area contributed by atoms with Gasteiger partial charge in [0.05, 0.1) is 12.7 Å². The van der Waals surface area contributed by atoms with Crippen molar-refractivity contribution in [2.24, 2.45) is 11.7 Å². The van der Waals surface area contributed by atoms with Crippen molar-refractivity contribution in [3.63, 3.8) is 0 Å². The SMILES string of the molecule is COc1ccccc1C(=O)N1CC(CCN)C1. The summed E-state index contributed by atoms with van der Waals surface area (Å²) in [4.78, 5) is 14.0. The van der Waals surface area contributed by atoms with E-state index in [1.165, 1.54) is 0 Å². The minimum absolute atomic E-state index is 0.0516. The molecule has 2 N–H and O–H groups in total. The van der Waals surface area contributed by atoms with Crippen molar-refractivity contribution in [2.75, 3.05) is 26.7 Å². The van der Waals surface area contributed by atoms with Crippen molar-refractivity contribution >= 4 is 5.91 Å². The van der Waals surface area contributed by atoms with E-state index < -0.39 is 0 Å². The Morgan fingerprint density at radius 3 is 2.82 bits per heavy atom. The number of para-hydroxylation sites is 1. The van der Waals surface area contributed by atoms with Crippen molar-refractivity contribution in [3.8, 4) is 5.75 Å². The average molecular weight is 234 g/mol. The third kappa shape index (κ3) is 2.42. The molecule has 1 aliphatic rings. The highest BCUT2D eigenvalue weighted by atomic mass is 16.5. The van der Waals surface area contributed by atoms with Crippen LogP contribution >= 0.6 is 0 Å². The highest BCUT2D eigenvalue weighted by Gasteiger charge is 2.31. The molecule has 2 rings (SSSR count). The van der Waals surface area contributed by atoms with Crippen molar-refractivity contribution in [2.45, 2.75) is 6.42 Å². The zero-order valence-corrected chi connectivity index (χ0v) is 10.1. The molecule has 1 saturated heterocycles. The van der Waals surface area contributed by atoms with E-state index in [4.69, 9.17) is 10.5 Å². The summed E-state index contributed by atoms with van der Waals surface area (Å²) in [6.07, 6.45) is 0.996. The number of nitrogens with zero attached hydrogens (tertiary/aromatic N) is 1. The topological polar surface area (TPSA) is 55.6 Å². The van der Waals surface area contributed by atoms with E-state index >= 15 is 0 Å². The Balaban J connectivity index is 2.01. The van der Waals surface area contributed by atoms with Crippen molar-refractivity contribution in [3.05, 3.63) is 29.8 Å². The molecule has 0 aromatic heterocycles. The third-order valence-corrected chi connectivity index (χ3v) is 3.16. The van der Waals surface area contributed by atoms with Gasteiger partial charge in [-0.05, 0) is 31.0 Å². The predicted molar refractivity (Wildman–Crippen MR) is 66.1 cm³/mol. The fourth-order valence-electron chi connectivity index (χ4n) is 2.15. The quantitative estimate of drug-likeness (QED) is 0.849. The number of carbonyl (C=O) groups is 1. The van der Waals surface area contributed by atoms with Crippen LogP contribution in [0.25, 0.3) is 0 Å². The highest BCUT2D eigenvalue weighted by Crippen LogP contribution is 2.25. The lowest BCUT2D eigenvalue weighted by molar-refractivity contribution is 0.0486. The molecule has 0 saturated carbocycles. The molecule has 1 fully saturated rings. The van der Waals surface area contributed by atoms with E-state index in [0.29, 0.717) is 23.8 Å². The lowest BCUT2D eigenvalue weighted by Gasteiger charge is -2.39. The van der Waals surface area contributed by atoms with Crippen LogP contribution in [-0.4, -0.2) is 37.6 Å². The Morgan fingerprint density at radius 1 is 1.47 bits per heavy atom. The third-order valence-electron chi connectivity index (χ3n) is 3.16. The van der Waals surface area contributed by atoms with E-state index in [9.17, 15) is 4.79 Å². The van der Waals surface area contributed by atoms with Gasteiger partial charge < -0.3 is 15.4 Å². The maximum atomic E-state index is 12.2. The summed E-state index contributed by atoms with van der Waals surface area (Å²) in [7, 11) is 1.58. The predicted octanol–water partition coefficient (Wildman–Crippen LogP) is 1.12. The van der Waals surface area contributed by atoms with E-state index in [1.807, 2.05) is 23.1 Å². The maximum absolute atomic E-state index is 12.2. The normalized spacial score (nSPS) is 15.5. The van der Waals surface area contributed by atoms with Crippen molar-refractivity contribution in [1.82, 2.24) is 4.90 Å². The molecule has 17 heavy (non-hydrogen) atoms. The molecule has 4 heteroatoms. The summed E-state index contributed by atoms with van der Waals surface area (Å²) in [6, 6.07) is 7.33. The smallest absolute Gasteiger partial charge is 0.257 e. The van der Waals surface area contributed by atoms with Crippen LogP contribution in [0.3, 0.4) is 0 Å². The van der Waals surface area contributed by atoms with Gasteiger partial charge in [0.15, 0.2) is 0 Å². The monoisotopic (exact) mass is 234 g/mol. The van der Waals surface area contributed by atoms with E-state index in [2.05, 4.69) is 0 Å². The molecule has 0 spiro atoms. The zero-order chi connectivity index (χ0) is 12.3. The van der Waals surface area contributed by atoms with Crippen LogP contribution in [0.1, 0.15) is 16.8 Å². The maximum Gasteiger partial charge on any atom is 0.257 e. The minimum Gasteiger partial charge on any atom is -0.496 e. The number of nitrogens with two attached hydrogens (primary N) is 1. The molecular weight excluding hydrogens is 216 g/mol. The van der Waals surface area contributed by atoms with Gasteiger partial charge in [-0.25, -0.2) is 0 Å². The number of benzene rings is 1. The number of hydrogen-bond donors (Lipinski definition) is 1. The number of amides is 1. The summed E-state index contributed by atoms with van der Waals surface area (Å²) in [5.41, 5.74) is 6.13. The number of rotatable bonds is 4. The molecule has 1 aliphatic heterocycles. The van der Waals surface area contributed by atoms with Gasteiger partial charge in [0.1, 0.15) is 5.75 Å².